The number of ether oxygens (including phenoxy) is 2. The first-order chi connectivity index (χ1) is 13.8. The normalized spacial score (nSPS) is 14.9. The van der Waals surface area contributed by atoms with Gasteiger partial charge in [0.15, 0.2) is 0 Å². The van der Waals surface area contributed by atoms with Crippen molar-refractivity contribution in [3.63, 3.8) is 0 Å². The number of hydrogen-bond acceptors (Lipinski definition) is 4. The van der Waals surface area contributed by atoms with Crippen LogP contribution in [-0.4, -0.2) is 30.8 Å². The predicted octanol–water partition coefficient (Wildman–Crippen LogP) is 4.83. The zero-order valence-electron chi connectivity index (χ0n) is 16.1. The van der Waals surface area contributed by atoms with Gasteiger partial charge in [0.1, 0.15) is 6.07 Å². The van der Waals surface area contributed by atoms with Crippen molar-refractivity contribution in [3.05, 3.63) is 53.6 Å². The van der Waals surface area contributed by atoms with Crippen molar-refractivity contribution in [3.8, 4) is 17.3 Å². The van der Waals surface area contributed by atoms with Gasteiger partial charge in [-0.1, -0.05) is 30.3 Å². The van der Waals surface area contributed by atoms with Gasteiger partial charge >= 0.3 is 0 Å². The number of anilines is 1. The number of aromatic nitrogens is 1. The summed E-state index contributed by atoms with van der Waals surface area (Å²) in [6.45, 7) is 4.75. The van der Waals surface area contributed by atoms with Crippen molar-refractivity contribution < 1.29 is 9.47 Å². The molecule has 2 aromatic carbocycles. The van der Waals surface area contributed by atoms with Gasteiger partial charge in [0.2, 0.25) is 0 Å². The van der Waals surface area contributed by atoms with Gasteiger partial charge in [0, 0.05) is 31.2 Å². The molecule has 0 unspecified atom stereocenters. The molecule has 0 aliphatic carbocycles. The summed E-state index contributed by atoms with van der Waals surface area (Å²) in [5.41, 5.74) is 5.62. The van der Waals surface area contributed by atoms with Crippen LogP contribution in [-0.2, 0) is 16.1 Å². The second-order valence-corrected chi connectivity index (χ2v) is 7.09. The number of benzene rings is 2. The summed E-state index contributed by atoms with van der Waals surface area (Å²) in [6, 6.07) is 17.0. The van der Waals surface area contributed by atoms with Gasteiger partial charge < -0.3 is 19.8 Å². The van der Waals surface area contributed by atoms with Gasteiger partial charge in [-0.15, -0.1) is 0 Å². The van der Waals surface area contributed by atoms with Gasteiger partial charge in [0.25, 0.3) is 0 Å². The lowest BCUT2D eigenvalue weighted by molar-refractivity contribution is 0.0904. The van der Waals surface area contributed by atoms with E-state index in [0.717, 1.165) is 59.5 Å². The van der Waals surface area contributed by atoms with Crippen LogP contribution in [0.25, 0.3) is 22.2 Å². The first-order valence-electron chi connectivity index (χ1n) is 9.86. The molecular formula is C23H25N3O2. The quantitative estimate of drug-likeness (QED) is 0.647. The molecule has 5 nitrogen and oxygen atoms in total. The topological polar surface area (TPSA) is 70.1 Å². The molecule has 1 aliphatic heterocycles. The number of nitrogens with one attached hydrogen (secondary N) is 2. The van der Waals surface area contributed by atoms with Crippen molar-refractivity contribution in [1.29, 1.82) is 5.26 Å². The van der Waals surface area contributed by atoms with E-state index in [4.69, 9.17) is 9.47 Å². The molecular weight excluding hydrogens is 350 g/mol. The van der Waals surface area contributed by atoms with Crippen molar-refractivity contribution in [2.24, 2.45) is 0 Å². The SMILES string of the molecule is CCOCc1cc(NC2CCOCC2)c2[nH]c(-c3ccccc3)c(C#N)c2c1. The molecule has 144 valence electrons. The van der Waals surface area contributed by atoms with E-state index in [9.17, 15) is 5.26 Å². The largest absolute Gasteiger partial charge is 0.381 e. The number of nitrogens with zero attached hydrogens (tertiary/aromatic N) is 1. The Balaban J connectivity index is 1.83. The van der Waals surface area contributed by atoms with Gasteiger partial charge in [-0.25, -0.2) is 0 Å². The molecule has 0 atom stereocenters. The molecule has 1 aliphatic rings. The maximum atomic E-state index is 9.91. The smallest absolute Gasteiger partial charge is 0.102 e. The maximum absolute atomic E-state index is 9.91. The fraction of sp³-hybridized carbons (Fsp3) is 0.348. The van der Waals surface area contributed by atoms with E-state index in [0.29, 0.717) is 24.8 Å². The van der Waals surface area contributed by atoms with E-state index in [-0.39, 0.29) is 0 Å². The molecule has 0 amide bonds. The minimum absolute atomic E-state index is 0.369. The molecule has 2 N–H and O–H groups in total. The second kappa shape index (κ2) is 8.47. The highest BCUT2D eigenvalue weighted by atomic mass is 16.5. The Morgan fingerprint density at radius 3 is 2.71 bits per heavy atom. The highest BCUT2D eigenvalue weighted by molar-refractivity contribution is 6.00. The Bertz CT molecular complexity index is 982. The number of rotatable bonds is 6. The lowest BCUT2D eigenvalue weighted by atomic mass is 10.0. The molecule has 0 bridgehead atoms. The van der Waals surface area contributed by atoms with Gasteiger partial charge in [-0.05, 0) is 43.0 Å². The first kappa shape index (κ1) is 18.5. The average Bonchev–Trinajstić information content (AvgIpc) is 3.12. The predicted molar refractivity (Wildman–Crippen MR) is 111 cm³/mol. The third-order valence-electron chi connectivity index (χ3n) is 5.20. The van der Waals surface area contributed by atoms with E-state index in [2.05, 4.69) is 28.5 Å². The Morgan fingerprint density at radius 1 is 1.21 bits per heavy atom. The van der Waals surface area contributed by atoms with E-state index >= 15 is 0 Å². The first-order valence-corrected chi connectivity index (χ1v) is 9.86. The van der Waals surface area contributed by atoms with Crippen LogP contribution in [0.5, 0.6) is 0 Å². The fourth-order valence-electron chi connectivity index (χ4n) is 3.77. The molecule has 5 heteroatoms. The van der Waals surface area contributed by atoms with E-state index in [1.165, 1.54) is 0 Å². The minimum atomic E-state index is 0.369. The summed E-state index contributed by atoms with van der Waals surface area (Å²) in [6.07, 6.45) is 1.96. The standard InChI is InChI=1S/C23H25N3O2/c1-2-27-15-16-12-19-20(14-24)22(17-6-4-3-5-7-17)26-23(19)21(13-16)25-18-8-10-28-11-9-18/h3-7,12-13,18,25-26H,2,8-11,15H2,1H3. The van der Waals surface area contributed by atoms with Crippen LogP contribution in [0, 0.1) is 11.3 Å². The Morgan fingerprint density at radius 2 is 2.00 bits per heavy atom. The van der Waals surface area contributed by atoms with Crippen molar-refractivity contribution in [2.45, 2.75) is 32.4 Å². The Hall–Kier alpha value is -2.81. The summed E-state index contributed by atoms with van der Waals surface area (Å²) in [4.78, 5) is 3.52. The van der Waals surface area contributed by atoms with E-state index in [1.807, 2.05) is 37.3 Å². The number of aromatic amines is 1. The summed E-state index contributed by atoms with van der Waals surface area (Å²) >= 11 is 0. The molecule has 1 saturated heterocycles. The Kier molecular flexibility index (Phi) is 5.61. The van der Waals surface area contributed by atoms with Gasteiger partial charge in [-0.3, -0.25) is 0 Å². The summed E-state index contributed by atoms with van der Waals surface area (Å²) < 4.78 is 11.1. The van der Waals surface area contributed by atoms with E-state index in [1.54, 1.807) is 0 Å². The molecule has 0 spiro atoms. The minimum Gasteiger partial charge on any atom is -0.381 e. The van der Waals surface area contributed by atoms with Crippen LogP contribution in [0.1, 0.15) is 30.9 Å². The lowest BCUT2D eigenvalue weighted by Crippen LogP contribution is -2.28. The molecule has 4 rings (SSSR count). The van der Waals surface area contributed by atoms with Crippen molar-refractivity contribution >= 4 is 16.6 Å². The number of fused-ring (bicyclic) bond motifs is 1. The molecule has 2 heterocycles. The second-order valence-electron chi connectivity index (χ2n) is 7.09. The molecule has 3 aromatic rings. The number of nitriles is 1. The molecule has 28 heavy (non-hydrogen) atoms. The van der Waals surface area contributed by atoms with Crippen LogP contribution < -0.4 is 5.32 Å². The van der Waals surface area contributed by atoms with E-state index < -0.39 is 0 Å². The number of hydrogen-bond donors (Lipinski definition) is 2. The molecule has 0 radical (unpaired) electrons. The van der Waals surface area contributed by atoms with Crippen LogP contribution >= 0.6 is 0 Å². The summed E-state index contributed by atoms with van der Waals surface area (Å²) in [5.74, 6) is 0. The summed E-state index contributed by atoms with van der Waals surface area (Å²) in [5, 5.41) is 14.5. The monoisotopic (exact) mass is 375 g/mol. The highest BCUT2D eigenvalue weighted by Crippen LogP contribution is 2.35. The lowest BCUT2D eigenvalue weighted by Gasteiger charge is -2.24. The maximum Gasteiger partial charge on any atom is 0.102 e. The molecule has 1 fully saturated rings. The van der Waals surface area contributed by atoms with Crippen LogP contribution in [0.2, 0.25) is 0 Å². The van der Waals surface area contributed by atoms with Gasteiger partial charge in [0.05, 0.1) is 29.1 Å². The fourth-order valence-corrected chi connectivity index (χ4v) is 3.77. The number of H-pyrrole nitrogens is 1. The van der Waals surface area contributed by atoms with Crippen LogP contribution in [0.4, 0.5) is 5.69 Å². The van der Waals surface area contributed by atoms with Crippen LogP contribution in [0.3, 0.4) is 0 Å². The highest BCUT2D eigenvalue weighted by Gasteiger charge is 2.19. The summed E-state index contributed by atoms with van der Waals surface area (Å²) in [7, 11) is 0. The zero-order chi connectivity index (χ0) is 19.3. The zero-order valence-corrected chi connectivity index (χ0v) is 16.1. The average molecular weight is 375 g/mol. The third-order valence-corrected chi connectivity index (χ3v) is 5.20. The third kappa shape index (κ3) is 3.75. The van der Waals surface area contributed by atoms with Gasteiger partial charge in [-0.2, -0.15) is 5.26 Å². The van der Waals surface area contributed by atoms with Crippen molar-refractivity contribution in [2.75, 3.05) is 25.1 Å². The molecule has 0 saturated carbocycles. The Labute approximate surface area is 165 Å². The van der Waals surface area contributed by atoms with Crippen molar-refractivity contribution in [1.82, 2.24) is 4.98 Å². The molecule has 1 aromatic heterocycles. The van der Waals surface area contributed by atoms with Crippen LogP contribution in [0.15, 0.2) is 42.5 Å².